The number of methoxy groups -OCH3 is 1. The maximum absolute atomic E-state index is 13.6. The van der Waals surface area contributed by atoms with Crippen molar-refractivity contribution in [3.63, 3.8) is 0 Å². The number of anilines is 1. The summed E-state index contributed by atoms with van der Waals surface area (Å²) in [4.78, 5) is 15.6. The highest BCUT2D eigenvalue weighted by Crippen LogP contribution is 2.37. The first-order chi connectivity index (χ1) is 21.2. The minimum absolute atomic E-state index is 0.00933. The molecule has 9 heteroatoms. The van der Waals surface area contributed by atoms with E-state index in [-0.39, 0.29) is 30.0 Å². The van der Waals surface area contributed by atoms with Gasteiger partial charge in [0.05, 0.1) is 24.3 Å². The predicted octanol–water partition coefficient (Wildman–Crippen LogP) is 8.07. The molecule has 5 nitrogen and oxygen atoms in total. The van der Waals surface area contributed by atoms with Crippen molar-refractivity contribution in [1.82, 2.24) is 4.90 Å². The van der Waals surface area contributed by atoms with Gasteiger partial charge in [0.15, 0.2) is 0 Å². The zero-order valence-electron chi connectivity index (χ0n) is 24.8. The van der Waals surface area contributed by atoms with Crippen LogP contribution in [-0.4, -0.2) is 51.3 Å². The molecule has 0 aliphatic heterocycles. The Morgan fingerprint density at radius 2 is 1.52 bits per heavy atom. The molecule has 4 aromatic rings. The lowest BCUT2D eigenvalue weighted by molar-refractivity contribution is -0.139. The quantitative estimate of drug-likeness (QED) is 0.105. The summed E-state index contributed by atoms with van der Waals surface area (Å²) in [5.74, 6) is 0.298. The Morgan fingerprint density at radius 3 is 2.14 bits per heavy atom. The van der Waals surface area contributed by atoms with Crippen molar-refractivity contribution in [3.8, 4) is 5.75 Å². The fraction of sp³-hybridized carbons (Fsp3) is 0.286. The van der Waals surface area contributed by atoms with Gasteiger partial charge in [-0.1, -0.05) is 90.5 Å². The van der Waals surface area contributed by atoms with Crippen molar-refractivity contribution in [3.05, 3.63) is 130 Å². The van der Waals surface area contributed by atoms with E-state index in [0.717, 1.165) is 22.9 Å². The van der Waals surface area contributed by atoms with E-state index in [1.807, 2.05) is 60.7 Å². The maximum atomic E-state index is 13.6. The topological polar surface area (TPSA) is 42.0 Å². The lowest BCUT2D eigenvalue weighted by atomic mass is 9.90. The van der Waals surface area contributed by atoms with Crippen LogP contribution < -0.4 is 9.64 Å². The van der Waals surface area contributed by atoms with Crippen molar-refractivity contribution in [2.75, 3.05) is 45.3 Å². The average Bonchev–Trinajstić information content (AvgIpc) is 3.03. The molecule has 4 aromatic carbocycles. The van der Waals surface area contributed by atoms with Crippen LogP contribution in [-0.2, 0) is 22.3 Å². The Balaban J connectivity index is 1.52. The Bertz CT molecular complexity index is 1450. The van der Waals surface area contributed by atoms with Gasteiger partial charge in [-0.25, -0.2) is 0 Å². The second-order valence-electron chi connectivity index (χ2n) is 10.5. The van der Waals surface area contributed by atoms with Crippen molar-refractivity contribution in [2.24, 2.45) is 0 Å². The van der Waals surface area contributed by atoms with E-state index in [4.69, 9.17) is 21.1 Å². The van der Waals surface area contributed by atoms with E-state index in [1.165, 1.54) is 13.2 Å². The Kier molecular flexibility index (Phi) is 11.7. The van der Waals surface area contributed by atoms with Crippen LogP contribution in [0.25, 0.3) is 0 Å². The summed E-state index contributed by atoms with van der Waals surface area (Å²) in [7, 11) is 3.14. The van der Waals surface area contributed by atoms with Crippen LogP contribution in [0.15, 0.2) is 103 Å². The van der Waals surface area contributed by atoms with Crippen LogP contribution in [0.1, 0.15) is 34.6 Å². The Morgan fingerprint density at radius 1 is 0.886 bits per heavy atom. The first kappa shape index (κ1) is 32.9. The number of hydrogen-bond acceptors (Lipinski definition) is 5. The number of alkyl halides is 3. The van der Waals surface area contributed by atoms with E-state index in [0.29, 0.717) is 37.4 Å². The first-order valence-electron chi connectivity index (χ1n) is 14.3. The molecule has 0 bridgehead atoms. The number of ether oxygens (including phenoxy) is 2. The zero-order chi connectivity index (χ0) is 31.5. The molecule has 4 rings (SSSR count). The zero-order valence-corrected chi connectivity index (χ0v) is 25.5. The minimum Gasteiger partial charge on any atom is -0.493 e. The van der Waals surface area contributed by atoms with Gasteiger partial charge >= 0.3 is 12.1 Å². The van der Waals surface area contributed by atoms with Gasteiger partial charge in [-0.15, -0.1) is 0 Å². The number of carbonyl (C=O) groups excluding carboxylic acids is 1. The molecule has 0 aromatic heterocycles. The van der Waals surface area contributed by atoms with Gasteiger partial charge in [0, 0.05) is 44.4 Å². The third-order valence-corrected chi connectivity index (χ3v) is 7.81. The highest BCUT2D eigenvalue weighted by Gasteiger charge is 2.34. The molecule has 0 N–H and O–H groups in total. The summed E-state index contributed by atoms with van der Waals surface area (Å²) in [6.07, 6.45) is -3.92. The Hall–Kier alpha value is -4.01. The number of halogens is 4. The lowest BCUT2D eigenvalue weighted by Crippen LogP contribution is -2.31. The normalized spacial score (nSPS) is 11.5. The third-order valence-electron chi connectivity index (χ3n) is 7.36. The number of likely N-dealkylation sites (N-methyl/N-ethyl adjacent to an activating group) is 1. The van der Waals surface area contributed by atoms with Crippen molar-refractivity contribution in [2.45, 2.75) is 25.1 Å². The molecule has 232 valence electrons. The summed E-state index contributed by atoms with van der Waals surface area (Å²) >= 11 is 6.33. The van der Waals surface area contributed by atoms with Gasteiger partial charge < -0.3 is 14.4 Å². The van der Waals surface area contributed by atoms with Crippen LogP contribution in [0.4, 0.5) is 18.9 Å². The molecule has 0 aliphatic carbocycles. The summed E-state index contributed by atoms with van der Waals surface area (Å²) < 4.78 is 51.7. The van der Waals surface area contributed by atoms with Crippen molar-refractivity contribution < 1.29 is 27.4 Å². The van der Waals surface area contributed by atoms with E-state index in [2.05, 4.69) is 29.2 Å². The third kappa shape index (κ3) is 9.24. The molecule has 0 saturated heterocycles. The molecule has 0 amide bonds. The lowest BCUT2D eigenvalue weighted by Gasteiger charge is -2.29. The molecule has 0 atom stereocenters. The molecule has 44 heavy (non-hydrogen) atoms. The SMILES string of the molecule is COC(=O)CN(C)c1cccc(OCCCN(Cc2cccc(C(F)(F)F)c2Cl)CC(c2ccccc2)c2ccccc2)c1. The van der Waals surface area contributed by atoms with E-state index < -0.39 is 11.7 Å². The van der Waals surface area contributed by atoms with E-state index >= 15 is 0 Å². The summed E-state index contributed by atoms with van der Waals surface area (Å²) in [5.41, 5.74) is 2.62. The van der Waals surface area contributed by atoms with Gasteiger partial charge in [0.2, 0.25) is 0 Å². The van der Waals surface area contributed by atoms with Crippen molar-refractivity contribution >= 4 is 23.3 Å². The van der Waals surface area contributed by atoms with Gasteiger partial charge in [-0.05, 0) is 41.3 Å². The van der Waals surface area contributed by atoms with Crippen LogP contribution >= 0.6 is 11.6 Å². The highest BCUT2D eigenvalue weighted by molar-refractivity contribution is 6.32. The molecule has 0 radical (unpaired) electrons. The van der Waals surface area contributed by atoms with Gasteiger partial charge in [-0.2, -0.15) is 13.2 Å². The number of esters is 1. The number of rotatable bonds is 14. The van der Waals surface area contributed by atoms with Crippen LogP contribution in [0, 0.1) is 0 Å². The standard InChI is InChI=1S/C35H36ClF3N2O3/c1-40(25-33(42)43-2)29-17-10-18-30(22-29)44-21-11-20-41(23-28-16-9-19-32(34(28)36)35(37,38)39)24-31(26-12-5-3-6-13-26)27-14-7-4-8-15-27/h3-10,12-19,22,31H,11,20-21,23-25H2,1-2H3. The number of benzene rings is 4. The van der Waals surface area contributed by atoms with Gasteiger partial charge in [0.1, 0.15) is 12.3 Å². The maximum Gasteiger partial charge on any atom is 0.417 e. The Labute approximate surface area is 261 Å². The molecule has 0 heterocycles. The van der Waals surface area contributed by atoms with E-state index in [9.17, 15) is 18.0 Å². The van der Waals surface area contributed by atoms with Crippen LogP contribution in [0.2, 0.25) is 5.02 Å². The average molecular weight is 625 g/mol. The molecule has 0 aliphatic rings. The molecule has 0 unspecified atom stereocenters. The molecule has 0 saturated carbocycles. The predicted molar refractivity (Wildman–Crippen MR) is 168 cm³/mol. The summed E-state index contributed by atoms with van der Waals surface area (Å²) in [6.45, 7) is 1.86. The number of carbonyl (C=O) groups is 1. The van der Waals surface area contributed by atoms with Crippen molar-refractivity contribution in [1.29, 1.82) is 0 Å². The van der Waals surface area contributed by atoms with Crippen LogP contribution in [0.5, 0.6) is 5.75 Å². The van der Waals surface area contributed by atoms with Gasteiger partial charge in [-0.3, -0.25) is 9.69 Å². The molecule has 0 spiro atoms. The largest absolute Gasteiger partial charge is 0.493 e. The van der Waals surface area contributed by atoms with Crippen LogP contribution in [0.3, 0.4) is 0 Å². The second kappa shape index (κ2) is 15.6. The summed E-state index contributed by atoms with van der Waals surface area (Å²) in [6, 6.07) is 31.7. The highest BCUT2D eigenvalue weighted by atomic mass is 35.5. The second-order valence-corrected chi connectivity index (χ2v) is 10.9. The number of nitrogens with zero attached hydrogens (tertiary/aromatic N) is 2. The summed E-state index contributed by atoms with van der Waals surface area (Å²) in [5, 5.41) is -0.273. The van der Waals surface area contributed by atoms with E-state index in [1.54, 1.807) is 18.0 Å². The fourth-order valence-corrected chi connectivity index (χ4v) is 5.36. The molecular formula is C35H36ClF3N2O3. The number of hydrogen-bond donors (Lipinski definition) is 0. The first-order valence-corrected chi connectivity index (χ1v) is 14.7. The van der Waals surface area contributed by atoms with Gasteiger partial charge in [0.25, 0.3) is 0 Å². The molecule has 0 fully saturated rings. The molecular weight excluding hydrogens is 589 g/mol. The smallest absolute Gasteiger partial charge is 0.417 e. The minimum atomic E-state index is -4.54. The monoisotopic (exact) mass is 624 g/mol. The fourth-order valence-electron chi connectivity index (χ4n) is 5.07.